The number of hydrogen-bond donors (Lipinski definition) is 0. The zero-order valence-corrected chi connectivity index (χ0v) is 12.7. The van der Waals surface area contributed by atoms with E-state index < -0.39 is 0 Å². The molecule has 0 atom stereocenters. The minimum absolute atomic E-state index is 0.182. The van der Waals surface area contributed by atoms with Crippen LogP contribution in [-0.2, 0) is 30.2 Å². The quantitative estimate of drug-likeness (QED) is 0.668. The third-order valence-corrected chi connectivity index (χ3v) is 3.69. The normalized spacial score (nSPS) is 14.5. The maximum Gasteiger partial charge on any atom is 0.330 e. The second-order valence-corrected chi connectivity index (χ2v) is 5.32. The van der Waals surface area contributed by atoms with E-state index >= 15 is 0 Å². The first-order valence-corrected chi connectivity index (χ1v) is 7.09. The summed E-state index contributed by atoms with van der Waals surface area (Å²) in [5.74, 6) is -0.279. The van der Waals surface area contributed by atoms with Crippen molar-refractivity contribution in [2.24, 2.45) is 14.1 Å². The lowest BCUT2D eigenvalue weighted by molar-refractivity contribution is -0.144. The summed E-state index contributed by atoms with van der Waals surface area (Å²) in [5.41, 5.74) is -0.0799. The molecule has 0 aliphatic heterocycles. The average molecular weight is 295 g/mol. The molecule has 0 aromatic carbocycles. The van der Waals surface area contributed by atoms with Crippen molar-refractivity contribution in [2.45, 2.75) is 32.4 Å². The van der Waals surface area contributed by atoms with Crippen LogP contribution in [0.15, 0.2) is 15.7 Å². The van der Waals surface area contributed by atoms with Crippen molar-refractivity contribution >= 4 is 5.97 Å². The highest BCUT2D eigenvalue weighted by molar-refractivity contribution is 5.71. The lowest BCUT2D eigenvalue weighted by Crippen LogP contribution is -2.40. The topological polar surface area (TPSA) is 73.5 Å². The van der Waals surface area contributed by atoms with Crippen LogP contribution in [0, 0.1) is 0 Å². The Balaban J connectivity index is 2.20. The molecule has 1 fully saturated rings. The molecule has 0 unspecified atom stereocenters. The molecule has 0 radical (unpaired) electrons. The summed E-state index contributed by atoms with van der Waals surface area (Å²) in [7, 11) is 3.08. The van der Waals surface area contributed by atoms with Gasteiger partial charge in [0.05, 0.1) is 13.2 Å². The van der Waals surface area contributed by atoms with Gasteiger partial charge in [0, 0.05) is 38.4 Å². The fourth-order valence-corrected chi connectivity index (χ4v) is 2.26. The highest BCUT2D eigenvalue weighted by atomic mass is 16.5. The van der Waals surface area contributed by atoms with Gasteiger partial charge < -0.3 is 4.74 Å². The summed E-state index contributed by atoms with van der Waals surface area (Å²) in [6.07, 6.45) is 2.05. The highest BCUT2D eigenvalue weighted by Gasteiger charge is 2.31. The molecule has 0 spiro atoms. The molecule has 7 nitrogen and oxygen atoms in total. The van der Waals surface area contributed by atoms with Crippen LogP contribution < -0.4 is 11.2 Å². The first-order chi connectivity index (χ1) is 9.93. The summed E-state index contributed by atoms with van der Waals surface area (Å²) in [6, 6.07) is 1.77. The molecular weight excluding hydrogens is 274 g/mol. The van der Waals surface area contributed by atoms with Gasteiger partial charge in [0.25, 0.3) is 5.56 Å². The SMILES string of the molecule is CCOC(=O)CN(Cc1cc(=O)n(C)c(=O)n1C)C1CC1. The Morgan fingerprint density at radius 1 is 1.33 bits per heavy atom. The lowest BCUT2D eigenvalue weighted by atomic mass is 10.3. The van der Waals surface area contributed by atoms with E-state index in [1.54, 1.807) is 14.0 Å². The Hall–Kier alpha value is -1.89. The number of esters is 1. The van der Waals surface area contributed by atoms with Crippen molar-refractivity contribution in [2.75, 3.05) is 13.2 Å². The largest absolute Gasteiger partial charge is 0.465 e. The second kappa shape index (κ2) is 6.26. The molecule has 0 N–H and O–H groups in total. The highest BCUT2D eigenvalue weighted by Crippen LogP contribution is 2.27. The molecule has 0 saturated heterocycles. The molecule has 1 aliphatic rings. The maximum absolute atomic E-state index is 11.9. The first kappa shape index (κ1) is 15.5. The van der Waals surface area contributed by atoms with Crippen molar-refractivity contribution in [1.29, 1.82) is 0 Å². The van der Waals surface area contributed by atoms with Gasteiger partial charge in [-0.1, -0.05) is 0 Å². The van der Waals surface area contributed by atoms with Crippen molar-refractivity contribution in [1.82, 2.24) is 14.0 Å². The second-order valence-electron chi connectivity index (χ2n) is 5.32. The van der Waals surface area contributed by atoms with Crippen LogP contribution in [0.3, 0.4) is 0 Å². The number of rotatable bonds is 6. The van der Waals surface area contributed by atoms with Crippen LogP contribution >= 0.6 is 0 Å². The summed E-state index contributed by atoms with van der Waals surface area (Å²) in [6.45, 7) is 2.69. The molecule has 7 heteroatoms. The van der Waals surface area contributed by atoms with E-state index in [1.165, 1.54) is 17.7 Å². The van der Waals surface area contributed by atoms with Gasteiger partial charge in [0.15, 0.2) is 0 Å². The van der Waals surface area contributed by atoms with E-state index in [0.29, 0.717) is 24.9 Å². The Morgan fingerprint density at radius 3 is 2.57 bits per heavy atom. The van der Waals surface area contributed by atoms with Gasteiger partial charge >= 0.3 is 11.7 Å². The molecule has 21 heavy (non-hydrogen) atoms. The Morgan fingerprint density at radius 2 is 2.00 bits per heavy atom. The van der Waals surface area contributed by atoms with Crippen LogP contribution in [0.4, 0.5) is 0 Å². The van der Waals surface area contributed by atoms with Crippen LogP contribution in [0.25, 0.3) is 0 Å². The van der Waals surface area contributed by atoms with Gasteiger partial charge in [-0.15, -0.1) is 0 Å². The van der Waals surface area contributed by atoms with E-state index in [2.05, 4.69) is 0 Å². The van der Waals surface area contributed by atoms with E-state index in [9.17, 15) is 14.4 Å². The molecule has 0 bridgehead atoms. The summed E-state index contributed by atoms with van der Waals surface area (Å²) in [5, 5.41) is 0. The van der Waals surface area contributed by atoms with Crippen molar-refractivity contribution < 1.29 is 9.53 Å². The molecule has 116 valence electrons. The van der Waals surface area contributed by atoms with Gasteiger partial charge in [-0.3, -0.25) is 23.6 Å². The molecule has 1 aromatic heterocycles. The molecule has 1 saturated carbocycles. The molecule has 1 aliphatic carbocycles. The number of carbonyl (C=O) groups is 1. The van der Waals surface area contributed by atoms with Crippen molar-refractivity contribution in [3.8, 4) is 0 Å². The predicted octanol–water partition coefficient (Wildman–Crippen LogP) is -0.388. The lowest BCUT2D eigenvalue weighted by Gasteiger charge is -2.22. The van der Waals surface area contributed by atoms with Crippen LogP contribution in [-0.4, -0.2) is 39.2 Å². The van der Waals surface area contributed by atoms with Crippen LogP contribution in [0.1, 0.15) is 25.5 Å². The fraction of sp³-hybridized carbons (Fsp3) is 0.643. The number of ether oxygens (including phenoxy) is 1. The van der Waals surface area contributed by atoms with Gasteiger partial charge in [0.1, 0.15) is 0 Å². The number of nitrogens with zero attached hydrogens (tertiary/aromatic N) is 3. The molecule has 2 rings (SSSR count). The van der Waals surface area contributed by atoms with Crippen molar-refractivity contribution in [3.63, 3.8) is 0 Å². The van der Waals surface area contributed by atoms with Crippen molar-refractivity contribution in [3.05, 3.63) is 32.6 Å². The van der Waals surface area contributed by atoms with Gasteiger partial charge in [0.2, 0.25) is 0 Å². The standard InChI is InChI=1S/C14H21N3O4/c1-4-21-13(19)9-17(10-5-6-10)8-11-7-12(18)16(3)14(20)15(11)2/h7,10H,4-6,8-9H2,1-3H3. The smallest absolute Gasteiger partial charge is 0.330 e. The maximum atomic E-state index is 11.9. The molecule has 0 amide bonds. The minimum Gasteiger partial charge on any atom is -0.465 e. The van der Waals surface area contributed by atoms with Crippen LogP contribution in [0.2, 0.25) is 0 Å². The fourth-order valence-electron chi connectivity index (χ4n) is 2.26. The Kier molecular flexibility index (Phi) is 4.62. The Labute approximate surface area is 122 Å². The van der Waals surface area contributed by atoms with Crippen LogP contribution in [0.5, 0.6) is 0 Å². The Bertz CT molecular complexity index is 643. The first-order valence-electron chi connectivity index (χ1n) is 7.09. The minimum atomic E-state index is -0.357. The van der Waals surface area contributed by atoms with E-state index in [1.807, 2.05) is 4.90 Å². The predicted molar refractivity (Wildman–Crippen MR) is 77.0 cm³/mol. The van der Waals surface area contributed by atoms with Gasteiger partial charge in [-0.25, -0.2) is 4.79 Å². The van der Waals surface area contributed by atoms with E-state index in [4.69, 9.17) is 4.74 Å². The average Bonchev–Trinajstić information content (AvgIpc) is 3.26. The zero-order chi connectivity index (χ0) is 15.6. The van der Waals surface area contributed by atoms with E-state index in [-0.39, 0.29) is 23.8 Å². The molecular formula is C14H21N3O4. The summed E-state index contributed by atoms with van der Waals surface area (Å²) < 4.78 is 7.48. The number of carbonyl (C=O) groups excluding carboxylic acids is 1. The van der Waals surface area contributed by atoms with Gasteiger partial charge in [-0.2, -0.15) is 0 Å². The third kappa shape index (κ3) is 3.60. The monoisotopic (exact) mass is 295 g/mol. The molecule has 1 aromatic rings. The summed E-state index contributed by atoms with van der Waals surface area (Å²) in [4.78, 5) is 37.3. The molecule has 1 heterocycles. The zero-order valence-electron chi connectivity index (χ0n) is 12.7. The number of hydrogen-bond acceptors (Lipinski definition) is 5. The number of aromatic nitrogens is 2. The third-order valence-electron chi connectivity index (χ3n) is 3.69. The van der Waals surface area contributed by atoms with E-state index in [0.717, 1.165) is 17.4 Å². The summed E-state index contributed by atoms with van der Waals surface area (Å²) >= 11 is 0. The van der Waals surface area contributed by atoms with Gasteiger partial charge in [-0.05, 0) is 19.8 Å².